The van der Waals surface area contributed by atoms with Gasteiger partial charge in [-0.1, -0.05) is 0 Å². The van der Waals surface area contributed by atoms with Crippen molar-refractivity contribution in [2.24, 2.45) is 16.3 Å². The monoisotopic (exact) mass is 233 g/mol. The molecule has 1 atom stereocenters. The van der Waals surface area contributed by atoms with Crippen LogP contribution in [-0.4, -0.2) is 25.6 Å². The number of hydrogen-bond donors (Lipinski definition) is 0. The minimum absolute atomic E-state index is 0.323. The van der Waals surface area contributed by atoms with Gasteiger partial charge in [-0.05, 0) is 0 Å². The predicted molar refractivity (Wildman–Crippen MR) is 56.1 cm³/mol. The normalized spacial score (nSPS) is 24.8. The molecular formula is C10H19NSe. The Kier molecular flexibility index (Phi) is 3.01. The van der Waals surface area contributed by atoms with Gasteiger partial charge < -0.3 is 0 Å². The van der Waals surface area contributed by atoms with Gasteiger partial charge in [0.05, 0.1) is 0 Å². The van der Waals surface area contributed by atoms with Crippen molar-refractivity contribution in [3.05, 3.63) is 0 Å². The molecule has 0 saturated carbocycles. The van der Waals surface area contributed by atoms with Crippen LogP contribution in [0.1, 0.15) is 34.6 Å². The molecule has 1 nitrogen and oxygen atoms in total. The van der Waals surface area contributed by atoms with Crippen LogP contribution in [0, 0.1) is 11.3 Å². The van der Waals surface area contributed by atoms with Crippen LogP contribution in [0.3, 0.4) is 0 Å². The fourth-order valence-electron chi connectivity index (χ4n) is 1.14. The van der Waals surface area contributed by atoms with E-state index in [0.29, 0.717) is 26.4 Å². The predicted octanol–water partition coefficient (Wildman–Crippen LogP) is 2.59. The van der Waals surface area contributed by atoms with Gasteiger partial charge in [0.15, 0.2) is 0 Å². The second-order valence-electron chi connectivity index (χ2n) is 4.81. The maximum atomic E-state index is 4.80. The molecule has 70 valence electrons. The van der Waals surface area contributed by atoms with Crippen molar-refractivity contribution in [2.45, 2.75) is 46.0 Å². The van der Waals surface area contributed by atoms with Crippen LogP contribution in [0.25, 0.3) is 0 Å². The molecule has 0 aromatic carbocycles. The molecule has 0 unspecified atom stereocenters. The summed E-state index contributed by atoms with van der Waals surface area (Å²) in [5.74, 6) is 0.728. The minimum atomic E-state index is 0.323. The Morgan fingerprint density at radius 1 is 1.42 bits per heavy atom. The average Bonchev–Trinajstić information content (AvgIpc) is 2.30. The molecule has 0 N–H and O–H groups in total. The van der Waals surface area contributed by atoms with Crippen LogP contribution < -0.4 is 0 Å². The molecule has 2 heteroatoms. The summed E-state index contributed by atoms with van der Waals surface area (Å²) in [5, 5.41) is 1.33. The Morgan fingerprint density at radius 2 is 2.00 bits per heavy atom. The average molecular weight is 232 g/mol. The zero-order valence-corrected chi connectivity index (χ0v) is 10.4. The molecule has 1 aliphatic rings. The third-order valence-corrected chi connectivity index (χ3v) is 5.23. The summed E-state index contributed by atoms with van der Waals surface area (Å²) < 4.78 is 1.48. The van der Waals surface area contributed by atoms with Gasteiger partial charge in [-0.3, -0.25) is 0 Å². The molecule has 0 fully saturated rings. The van der Waals surface area contributed by atoms with E-state index in [4.69, 9.17) is 4.99 Å². The van der Waals surface area contributed by atoms with Gasteiger partial charge >= 0.3 is 81.9 Å². The third-order valence-electron chi connectivity index (χ3n) is 2.09. The van der Waals surface area contributed by atoms with E-state index in [9.17, 15) is 0 Å². The molecule has 0 amide bonds. The van der Waals surface area contributed by atoms with E-state index < -0.39 is 0 Å². The number of rotatable bonds is 1. The molecule has 1 aliphatic heterocycles. The molecule has 1 rings (SSSR count). The van der Waals surface area contributed by atoms with E-state index in [1.807, 2.05) is 0 Å². The second kappa shape index (κ2) is 3.51. The molecular weight excluding hydrogens is 213 g/mol. The van der Waals surface area contributed by atoms with Crippen LogP contribution in [0.5, 0.6) is 0 Å². The molecule has 0 spiro atoms. The van der Waals surface area contributed by atoms with E-state index >= 15 is 0 Å². The van der Waals surface area contributed by atoms with Gasteiger partial charge in [0.25, 0.3) is 0 Å². The first-order chi connectivity index (χ1) is 5.41. The third kappa shape index (κ3) is 2.34. The van der Waals surface area contributed by atoms with Crippen molar-refractivity contribution in [3.63, 3.8) is 0 Å². The van der Waals surface area contributed by atoms with Crippen LogP contribution in [0.4, 0.5) is 0 Å². The van der Waals surface area contributed by atoms with Gasteiger partial charge in [-0.25, -0.2) is 0 Å². The molecule has 12 heavy (non-hydrogen) atoms. The zero-order chi connectivity index (χ0) is 9.35. The zero-order valence-electron chi connectivity index (χ0n) is 8.72. The number of nitrogens with zero attached hydrogens (tertiary/aromatic N) is 1. The quantitative estimate of drug-likeness (QED) is 0.616. The first-order valence-electron chi connectivity index (χ1n) is 4.62. The van der Waals surface area contributed by atoms with Crippen molar-refractivity contribution >= 4 is 19.6 Å². The fraction of sp³-hybridized carbons (Fsp3) is 0.900. The Bertz CT molecular complexity index is 189. The Balaban J connectivity index is 2.66. The van der Waals surface area contributed by atoms with E-state index in [1.165, 1.54) is 9.93 Å². The Morgan fingerprint density at radius 3 is 2.25 bits per heavy atom. The molecule has 0 radical (unpaired) electrons. The Labute approximate surface area is 82.2 Å². The standard InChI is InChI=1S/C10H19NSe/c1-7(2)8-6-12-9(11-8)10(3,4)5/h7-8H,6H2,1-5H3/t8-/m1/s1. The fourth-order valence-corrected chi connectivity index (χ4v) is 4.14. The maximum absolute atomic E-state index is 4.80. The SMILES string of the molecule is CC(C)[C@H]1C[Se]C(C(C)(C)C)=N1. The summed E-state index contributed by atoms with van der Waals surface area (Å²) in [5.41, 5.74) is 0.323. The van der Waals surface area contributed by atoms with Crippen LogP contribution >= 0.6 is 0 Å². The van der Waals surface area contributed by atoms with E-state index in [-0.39, 0.29) is 0 Å². The number of hydrogen-bond acceptors (Lipinski definition) is 1. The van der Waals surface area contributed by atoms with Crippen molar-refractivity contribution in [2.75, 3.05) is 0 Å². The Hall–Kier alpha value is 0.189. The van der Waals surface area contributed by atoms with E-state index in [2.05, 4.69) is 34.6 Å². The van der Waals surface area contributed by atoms with Gasteiger partial charge in [0.2, 0.25) is 0 Å². The van der Waals surface area contributed by atoms with Gasteiger partial charge in [-0.2, -0.15) is 0 Å². The summed E-state index contributed by atoms with van der Waals surface area (Å²) in [6.07, 6.45) is 0. The summed E-state index contributed by atoms with van der Waals surface area (Å²) in [7, 11) is 0. The first-order valence-corrected chi connectivity index (χ1v) is 6.69. The van der Waals surface area contributed by atoms with Gasteiger partial charge in [0, 0.05) is 0 Å². The molecule has 0 aromatic rings. The molecule has 0 saturated heterocycles. The van der Waals surface area contributed by atoms with Gasteiger partial charge in [-0.15, -0.1) is 0 Å². The summed E-state index contributed by atoms with van der Waals surface area (Å²) in [4.78, 5) is 4.80. The van der Waals surface area contributed by atoms with Crippen LogP contribution in [-0.2, 0) is 0 Å². The van der Waals surface area contributed by atoms with E-state index in [1.54, 1.807) is 0 Å². The number of aliphatic imine (C=N–C) groups is 1. The molecule has 0 aliphatic carbocycles. The van der Waals surface area contributed by atoms with Crippen molar-refractivity contribution < 1.29 is 0 Å². The molecule has 0 aromatic heterocycles. The summed E-state index contributed by atoms with van der Waals surface area (Å²) in [6.45, 7) is 11.4. The molecule has 1 heterocycles. The summed E-state index contributed by atoms with van der Waals surface area (Å²) >= 11 is 0.674. The van der Waals surface area contributed by atoms with Crippen molar-refractivity contribution in [1.82, 2.24) is 0 Å². The van der Waals surface area contributed by atoms with E-state index in [0.717, 1.165) is 5.92 Å². The first kappa shape index (κ1) is 10.3. The topological polar surface area (TPSA) is 12.4 Å². The van der Waals surface area contributed by atoms with Gasteiger partial charge in [0.1, 0.15) is 0 Å². The molecule has 0 bridgehead atoms. The second-order valence-corrected chi connectivity index (χ2v) is 6.92. The van der Waals surface area contributed by atoms with Crippen molar-refractivity contribution in [3.8, 4) is 0 Å². The van der Waals surface area contributed by atoms with Crippen molar-refractivity contribution in [1.29, 1.82) is 0 Å². The van der Waals surface area contributed by atoms with Crippen LogP contribution in [0.15, 0.2) is 4.99 Å². The summed E-state index contributed by atoms with van der Waals surface area (Å²) in [6, 6.07) is 0.624. The van der Waals surface area contributed by atoms with Crippen LogP contribution in [0.2, 0.25) is 5.32 Å².